The van der Waals surface area contributed by atoms with Gasteiger partial charge < -0.3 is 15.0 Å². The molecule has 1 aliphatic heterocycles. The summed E-state index contributed by atoms with van der Waals surface area (Å²) in [6, 6.07) is 7.69. The van der Waals surface area contributed by atoms with Gasteiger partial charge in [0, 0.05) is 18.3 Å². The first kappa shape index (κ1) is 22.0. The SMILES string of the molecule is CCOC(=O)c1c(NC(=O)CS(=O)(=O)c2ccccc2)sc2c1CCN(C(C)=O)C2. The number of nitrogens with one attached hydrogen (secondary N) is 1. The van der Waals surface area contributed by atoms with Gasteiger partial charge in [-0.2, -0.15) is 0 Å². The molecule has 0 aliphatic carbocycles. The van der Waals surface area contributed by atoms with Crippen LogP contribution in [0.1, 0.15) is 34.6 Å². The Kier molecular flexibility index (Phi) is 6.57. The third-order valence-electron chi connectivity index (χ3n) is 4.66. The van der Waals surface area contributed by atoms with Crippen molar-refractivity contribution in [2.75, 3.05) is 24.2 Å². The molecule has 8 nitrogen and oxygen atoms in total. The van der Waals surface area contributed by atoms with Crippen LogP contribution in [0.15, 0.2) is 35.2 Å². The normalized spacial score (nSPS) is 13.5. The second kappa shape index (κ2) is 8.97. The fourth-order valence-corrected chi connectivity index (χ4v) is 5.65. The molecule has 1 aliphatic rings. The van der Waals surface area contributed by atoms with Crippen molar-refractivity contribution >= 4 is 44.0 Å². The third kappa shape index (κ3) is 4.71. The Labute approximate surface area is 178 Å². The highest BCUT2D eigenvalue weighted by atomic mass is 32.2. The maximum absolute atomic E-state index is 12.5. The molecular formula is C20H22N2O6S2. The minimum atomic E-state index is -3.82. The van der Waals surface area contributed by atoms with Crippen LogP contribution in [0.25, 0.3) is 0 Å². The van der Waals surface area contributed by atoms with Gasteiger partial charge in [-0.3, -0.25) is 9.59 Å². The van der Waals surface area contributed by atoms with Crippen LogP contribution in [0.3, 0.4) is 0 Å². The van der Waals surface area contributed by atoms with Crippen molar-refractivity contribution in [1.29, 1.82) is 0 Å². The predicted molar refractivity (Wildman–Crippen MR) is 112 cm³/mol. The second-order valence-corrected chi connectivity index (χ2v) is 9.83. The van der Waals surface area contributed by atoms with Crippen LogP contribution in [-0.2, 0) is 37.1 Å². The van der Waals surface area contributed by atoms with E-state index in [4.69, 9.17) is 4.74 Å². The zero-order chi connectivity index (χ0) is 21.9. The van der Waals surface area contributed by atoms with E-state index in [1.807, 2.05) is 0 Å². The lowest BCUT2D eigenvalue weighted by Gasteiger charge is -2.25. The van der Waals surface area contributed by atoms with E-state index in [-0.39, 0.29) is 28.0 Å². The lowest BCUT2D eigenvalue weighted by molar-refractivity contribution is -0.129. The number of esters is 1. The molecule has 1 N–H and O–H groups in total. The summed E-state index contributed by atoms with van der Waals surface area (Å²) in [5.74, 6) is -2.15. The van der Waals surface area contributed by atoms with Crippen LogP contribution in [0, 0.1) is 0 Å². The van der Waals surface area contributed by atoms with E-state index in [0.717, 1.165) is 10.4 Å². The first-order valence-corrected chi connectivity index (χ1v) is 11.8. The average Bonchev–Trinajstić information content (AvgIpc) is 3.05. The van der Waals surface area contributed by atoms with Crippen LogP contribution >= 0.6 is 11.3 Å². The number of nitrogens with zero attached hydrogens (tertiary/aromatic N) is 1. The molecule has 3 rings (SSSR count). The summed E-state index contributed by atoms with van der Waals surface area (Å²) in [4.78, 5) is 39.2. The number of benzene rings is 1. The van der Waals surface area contributed by atoms with Crippen LogP contribution in [0.4, 0.5) is 5.00 Å². The van der Waals surface area contributed by atoms with Crippen molar-refractivity contribution < 1.29 is 27.5 Å². The van der Waals surface area contributed by atoms with Gasteiger partial charge in [-0.1, -0.05) is 18.2 Å². The first-order chi connectivity index (χ1) is 14.2. The van der Waals surface area contributed by atoms with Crippen molar-refractivity contribution in [3.8, 4) is 0 Å². The quantitative estimate of drug-likeness (QED) is 0.676. The zero-order valence-corrected chi connectivity index (χ0v) is 18.3. The maximum Gasteiger partial charge on any atom is 0.341 e. The van der Waals surface area contributed by atoms with E-state index in [9.17, 15) is 22.8 Å². The molecule has 0 fully saturated rings. The molecule has 0 bridgehead atoms. The fraction of sp³-hybridized carbons (Fsp3) is 0.350. The number of anilines is 1. The molecule has 30 heavy (non-hydrogen) atoms. The average molecular weight is 451 g/mol. The Morgan fingerprint density at radius 1 is 1.20 bits per heavy atom. The number of hydrogen-bond donors (Lipinski definition) is 1. The van der Waals surface area contributed by atoms with Crippen LogP contribution in [-0.4, -0.2) is 50.0 Å². The third-order valence-corrected chi connectivity index (χ3v) is 7.42. The number of ether oxygens (including phenoxy) is 1. The molecular weight excluding hydrogens is 428 g/mol. The topological polar surface area (TPSA) is 110 Å². The molecule has 0 radical (unpaired) electrons. The Morgan fingerprint density at radius 3 is 2.53 bits per heavy atom. The summed E-state index contributed by atoms with van der Waals surface area (Å²) in [6.07, 6.45) is 0.456. The number of sulfone groups is 1. The smallest absolute Gasteiger partial charge is 0.341 e. The van der Waals surface area contributed by atoms with E-state index in [1.54, 1.807) is 30.0 Å². The van der Waals surface area contributed by atoms with Gasteiger partial charge in [0.15, 0.2) is 9.84 Å². The fourth-order valence-electron chi connectivity index (χ4n) is 3.23. The Morgan fingerprint density at radius 2 is 1.90 bits per heavy atom. The monoisotopic (exact) mass is 450 g/mol. The summed E-state index contributed by atoms with van der Waals surface area (Å²) in [7, 11) is -3.82. The lowest BCUT2D eigenvalue weighted by Crippen LogP contribution is -2.34. The Bertz CT molecular complexity index is 1080. The van der Waals surface area contributed by atoms with Crippen LogP contribution in [0.5, 0.6) is 0 Å². The van der Waals surface area contributed by atoms with Crippen LogP contribution < -0.4 is 5.32 Å². The molecule has 2 heterocycles. The molecule has 1 aromatic heterocycles. The van der Waals surface area contributed by atoms with Crippen molar-refractivity contribution in [2.24, 2.45) is 0 Å². The summed E-state index contributed by atoms with van der Waals surface area (Å²) >= 11 is 1.17. The minimum absolute atomic E-state index is 0.0494. The minimum Gasteiger partial charge on any atom is -0.462 e. The van der Waals surface area contributed by atoms with Gasteiger partial charge in [-0.15, -0.1) is 11.3 Å². The molecule has 0 unspecified atom stereocenters. The summed E-state index contributed by atoms with van der Waals surface area (Å²) < 4.78 is 30.1. The molecule has 2 amide bonds. The number of hydrogen-bond acceptors (Lipinski definition) is 7. The number of rotatable bonds is 6. The summed E-state index contributed by atoms with van der Waals surface area (Å²) in [5, 5.41) is 2.82. The molecule has 1 aromatic carbocycles. The van der Waals surface area contributed by atoms with Crippen LogP contribution in [0.2, 0.25) is 0 Å². The summed E-state index contributed by atoms with van der Waals surface area (Å²) in [6.45, 7) is 4.11. The largest absolute Gasteiger partial charge is 0.462 e. The number of carbonyl (C=O) groups excluding carboxylic acids is 3. The molecule has 0 atom stereocenters. The van der Waals surface area contributed by atoms with Crippen molar-refractivity contribution in [1.82, 2.24) is 4.90 Å². The number of amides is 2. The van der Waals surface area contributed by atoms with E-state index in [2.05, 4.69) is 5.32 Å². The van der Waals surface area contributed by atoms with Gasteiger partial charge in [-0.25, -0.2) is 13.2 Å². The first-order valence-electron chi connectivity index (χ1n) is 9.37. The second-order valence-electron chi connectivity index (χ2n) is 6.74. The predicted octanol–water partition coefficient (Wildman–Crippen LogP) is 2.24. The zero-order valence-electron chi connectivity index (χ0n) is 16.6. The van der Waals surface area contributed by atoms with Gasteiger partial charge in [-0.05, 0) is 31.0 Å². The van der Waals surface area contributed by atoms with Crippen molar-refractivity contribution in [3.05, 3.63) is 46.3 Å². The Hall–Kier alpha value is -2.72. The van der Waals surface area contributed by atoms with Gasteiger partial charge in [0.05, 0.1) is 23.6 Å². The van der Waals surface area contributed by atoms with Gasteiger partial charge >= 0.3 is 5.97 Å². The number of carbonyl (C=O) groups is 3. The standard InChI is InChI=1S/C20H22N2O6S2/c1-3-28-20(25)18-15-9-10-22(13(2)23)11-16(15)29-19(18)21-17(24)12-30(26,27)14-7-5-4-6-8-14/h4-8H,3,9-12H2,1-2H3,(H,21,24). The van der Waals surface area contributed by atoms with E-state index < -0.39 is 27.5 Å². The molecule has 0 saturated carbocycles. The van der Waals surface area contributed by atoms with Gasteiger partial charge in [0.25, 0.3) is 0 Å². The molecule has 2 aromatic rings. The molecule has 10 heteroatoms. The molecule has 0 saturated heterocycles. The van der Waals surface area contributed by atoms with Gasteiger partial charge in [0.1, 0.15) is 10.8 Å². The Balaban J connectivity index is 1.87. The van der Waals surface area contributed by atoms with Crippen molar-refractivity contribution in [2.45, 2.75) is 31.7 Å². The highest BCUT2D eigenvalue weighted by Gasteiger charge is 2.31. The molecule has 0 spiro atoms. The number of fused-ring (bicyclic) bond motifs is 1. The highest BCUT2D eigenvalue weighted by Crippen LogP contribution is 2.37. The van der Waals surface area contributed by atoms with E-state index in [1.165, 1.54) is 30.4 Å². The molecule has 160 valence electrons. The maximum atomic E-state index is 12.5. The van der Waals surface area contributed by atoms with Crippen molar-refractivity contribution in [3.63, 3.8) is 0 Å². The van der Waals surface area contributed by atoms with Gasteiger partial charge in [0.2, 0.25) is 11.8 Å². The number of thiophene rings is 1. The highest BCUT2D eigenvalue weighted by molar-refractivity contribution is 7.92. The van der Waals surface area contributed by atoms with E-state index >= 15 is 0 Å². The summed E-state index contributed by atoms with van der Waals surface area (Å²) in [5.41, 5.74) is 0.975. The lowest BCUT2D eigenvalue weighted by atomic mass is 10.0. The van der Waals surface area contributed by atoms with E-state index in [0.29, 0.717) is 19.5 Å².